The van der Waals surface area contributed by atoms with Crippen LogP contribution in [0.3, 0.4) is 0 Å². The van der Waals surface area contributed by atoms with Crippen molar-refractivity contribution in [2.24, 2.45) is 11.8 Å². The highest BCUT2D eigenvalue weighted by Gasteiger charge is 2.35. The van der Waals surface area contributed by atoms with Crippen LogP contribution in [-0.2, 0) is 23.9 Å². The Morgan fingerprint density at radius 1 is 1.15 bits per heavy atom. The second-order valence-electron chi connectivity index (χ2n) is 10.8. The van der Waals surface area contributed by atoms with Gasteiger partial charge >= 0.3 is 5.97 Å². The number of nitrogens with zero attached hydrogens (tertiary/aromatic N) is 2. The maximum Gasteiger partial charge on any atom is 0.338 e. The Morgan fingerprint density at radius 2 is 1.88 bits per heavy atom. The van der Waals surface area contributed by atoms with Gasteiger partial charge in [0.1, 0.15) is 6.04 Å². The predicted molar refractivity (Wildman–Crippen MR) is 147 cm³/mol. The number of carbonyl (C=O) groups is 5. The van der Waals surface area contributed by atoms with E-state index in [1.165, 1.54) is 5.01 Å². The highest BCUT2D eigenvalue weighted by molar-refractivity contribution is 5.96. The van der Waals surface area contributed by atoms with Gasteiger partial charge in [0.25, 0.3) is 0 Å². The van der Waals surface area contributed by atoms with Crippen molar-refractivity contribution in [2.45, 2.75) is 78.3 Å². The van der Waals surface area contributed by atoms with E-state index in [1.807, 2.05) is 13.8 Å². The van der Waals surface area contributed by atoms with Crippen molar-refractivity contribution < 1.29 is 28.7 Å². The summed E-state index contributed by atoms with van der Waals surface area (Å²) in [7, 11) is 0. The van der Waals surface area contributed by atoms with Gasteiger partial charge in [-0.05, 0) is 49.3 Å². The summed E-state index contributed by atoms with van der Waals surface area (Å²) >= 11 is 0. The number of Topliss-reactive ketones (excluding diaryl/α,β-unsaturated/α-hetero) is 1. The van der Waals surface area contributed by atoms with E-state index in [4.69, 9.17) is 10.00 Å². The van der Waals surface area contributed by atoms with Gasteiger partial charge in [-0.2, -0.15) is 5.26 Å². The van der Waals surface area contributed by atoms with Crippen molar-refractivity contribution in [1.29, 1.82) is 5.26 Å². The van der Waals surface area contributed by atoms with Gasteiger partial charge in [0, 0.05) is 25.9 Å². The van der Waals surface area contributed by atoms with Gasteiger partial charge in [-0.1, -0.05) is 39.8 Å². The number of hydrogen-bond donors (Lipinski definition) is 3. The molecule has 40 heavy (non-hydrogen) atoms. The normalized spacial score (nSPS) is 16.6. The first-order valence-corrected chi connectivity index (χ1v) is 13.8. The summed E-state index contributed by atoms with van der Waals surface area (Å²) in [6.07, 6.45) is 1.47. The molecule has 0 radical (unpaired) electrons. The molecule has 1 aromatic carbocycles. The van der Waals surface area contributed by atoms with Crippen LogP contribution in [-0.4, -0.2) is 66.3 Å². The van der Waals surface area contributed by atoms with E-state index in [9.17, 15) is 24.0 Å². The van der Waals surface area contributed by atoms with Gasteiger partial charge in [0.05, 0.1) is 23.6 Å². The quantitative estimate of drug-likeness (QED) is 0.313. The number of hydrogen-bond acceptors (Lipinski definition) is 8. The monoisotopic (exact) mass is 555 g/mol. The molecule has 1 aliphatic heterocycles. The molecule has 2 rings (SSSR count). The van der Waals surface area contributed by atoms with Crippen LogP contribution in [0, 0.1) is 23.2 Å². The summed E-state index contributed by atoms with van der Waals surface area (Å²) in [6, 6.07) is 6.82. The highest BCUT2D eigenvalue weighted by atomic mass is 16.5. The Bertz CT molecular complexity index is 1110. The molecule has 3 atom stereocenters. The van der Waals surface area contributed by atoms with Crippen LogP contribution in [0.15, 0.2) is 24.3 Å². The van der Waals surface area contributed by atoms with Crippen molar-refractivity contribution >= 4 is 29.5 Å². The van der Waals surface area contributed by atoms with E-state index >= 15 is 0 Å². The molecule has 3 amide bonds. The average Bonchev–Trinajstić information content (AvgIpc) is 2.93. The van der Waals surface area contributed by atoms with E-state index < -0.39 is 42.3 Å². The van der Waals surface area contributed by atoms with Crippen LogP contribution >= 0.6 is 0 Å². The van der Waals surface area contributed by atoms with Gasteiger partial charge in [-0.15, -0.1) is 0 Å². The minimum Gasteiger partial charge on any atom is -0.454 e. The second-order valence-corrected chi connectivity index (χ2v) is 10.8. The standard InChI is InChI=1S/C29H41N5O6/c1-18(2)14-25(36)31-13-11-26(37)34-23(10-7-12-32-34)28(38)33-27(19(3)4)24(35)17-40-29(39)22-9-6-8-21(15-22)20(5)16-30/h6,8-9,15,18-20,23,27,32H,7,10-14,17H2,1-5H3,(H,31,36)(H,33,38)/t20?,23-,27-/m0/s1. The highest BCUT2D eigenvalue weighted by Crippen LogP contribution is 2.17. The molecule has 1 fully saturated rings. The molecule has 1 aliphatic rings. The summed E-state index contributed by atoms with van der Waals surface area (Å²) in [5.74, 6) is -2.63. The SMILES string of the molecule is CC(C)CC(=O)NCCC(=O)N1NCCC[C@H]1C(=O)N[C@H](C(=O)COC(=O)c1cccc(C(C)C#N)c1)C(C)C. The lowest BCUT2D eigenvalue weighted by Gasteiger charge is -2.36. The van der Waals surface area contributed by atoms with Gasteiger partial charge in [-0.25, -0.2) is 10.2 Å². The molecule has 0 spiro atoms. The molecule has 218 valence electrons. The summed E-state index contributed by atoms with van der Waals surface area (Å²) in [4.78, 5) is 63.5. The van der Waals surface area contributed by atoms with Crippen LogP contribution in [0.25, 0.3) is 0 Å². The first kappa shape index (κ1) is 32.4. The van der Waals surface area contributed by atoms with E-state index in [0.717, 1.165) is 0 Å². The van der Waals surface area contributed by atoms with Crippen molar-refractivity contribution in [1.82, 2.24) is 21.1 Å². The van der Waals surface area contributed by atoms with Crippen LogP contribution in [0.1, 0.15) is 82.1 Å². The van der Waals surface area contributed by atoms with Crippen molar-refractivity contribution in [3.05, 3.63) is 35.4 Å². The summed E-state index contributed by atoms with van der Waals surface area (Å²) in [5.41, 5.74) is 3.85. The van der Waals surface area contributed by atoms with Crippen LogP contribution in [0.5, 0.6) is 0 Å². The topological polar surface area (TPSA) is 158 Å². The number of rotatable bonds is 13. The summed E-state index contributed by atoms with van der Waals surface area (Å²) in [5, 5.41) is 15.9. The first-order valence-electron chi connectivity index (χ1n) is 13.8. The minimum absolute atomic E-state index is 0.0252. The van der Waals surface area contributed by atoms with E-state index in [0.29, 0.717) is 31.4 Å². The van der Waals surface area contributed by atoms with Gasteiger partial charge in [0.2, 0.25) is 17.7 Å². The van der Waals surface area contributed by atoms with Crippen molar-refractivity contribution in [3.63, 3.8) is 0 Å². The molecule has 0 aliphatic carbocycles. The fraction of sp³-hybridized carbons (Fsp3) is 0.586. The fourth-order valence-corrected chi connectivity index (χ4v) is 4.30. The Hall–Kier alpha value is -3.78. The third-order valence-electron chi connectivity index (χ3n) is 6.55. The number of benzene rings is 1. The zero-order chi connectivity index (χ0) is 29.8. The average molecular weight is 556 g/mol. The molecule has 1 unspecified atom stereocenters. The largest absolute Gasteiger partial charge is 0.454 e. The maximum absolute atomic E-state index is 13.2. The van der Waals surface area contributed by atoms with Crippen molar-refractivity contribution in [2.75, 3.05) is 19.7 Å². The number of ether oxygens (including phenoxy) is 1. The lowest BCUT2D eigenvalue weighted by molar-refractivity contribution is -0.147. The Labute approximate surface area is 236 Å². The summed E-state index contributed by atoms with van der Waals surface area (Å²) in [6.45, 7) is 9.25. The number of nitriles is 1. The van der Waals surface area contributed by atoms with Crippen molar-refractivity contribution in [3.8, 4) is 6.07 Å². The Kier molecular flexibility index (Phi) is 12.7. The molecule has 0 bridgehead atoms. The molecular formula is C29H41N5O6. The van der Waals surface area contributed by atoms with E-state index in [1.54, 1.807) is 45.0 Å². The maximum atomic E-state index is 13.2. The second kappa shape index (κ2) is 15.7. The fourth-order valence-electron chi connectivity index (χ4n) is 4.30. The molecule has 1 aromatic rings. The lowest BCUT2D eigenvalue weighted by atomic mass is 9.98. The van der Waals surface area contributed by atoms with Gasteiger partial charge in [-0.3, -0.25) is 24.2 Å². The molecule has 11 heteroatoms. The number of ketones is 1. The van der Waals surface area contributed by atoms with Gasteiger partial charge < -0.3 is 15.4 Å². The van der Waals surface area contributed by atoms with Crippen LogP contribution in [0.2, 0.25) is 0 Å². The molecule has 0 saturated carbocycles. The zero-order valence-corrected chi connectivity index (χ0v) is 24.0. The molecular weight excluding hydrogens is 514 g/mol. The lowest BCUT2D eigenvalue weighted by Crippen LogP contribution is -2.61. The number of esters is 1. The Morgan fingerprint density at radius 3 is 2.52 bits per heavy atom. The number of hydrazine groups is 1. The third-order valence-corrected chi connectivity index (χ3v) is 6.55. The van der Waals surface area contributed by atoms with Crippen LogP contribution in [0.4, 0.5) is 0 Å². The Balaban J connectivity index is 1.97. The van der Waals surface area contributed by atoms with Gasteiger partial charge in [0.15, 0.2) is 12.4 Å². The van der Waals surface area contributed by atoms with E-state index in [-0.39, 0.29) is 42.2 Å². The molecule has 1 heterocycles. The van der Waals surface area contributed by atoms with E-state index in [2.05, 4.69) is 22.1 Å². The minimum atomic E-state index is -0.931. The summed E-state index contributed by atoms with van der Waals surface area (Å²) < 4.78 is 5.23. The van der Waals surface area contributed by atoms with Crippen LogP contribution < -0.4 is 16.1 Å². The zero-order valence-electron chi connectivity index (χ0n) is 24.0. The molecule has 1 saturated heterocycles. The number of carbonyl (C=O) groups excluding carboxylic acids is 5. The number of amides is 3. The number of nitrogens with one attached hydrogen (secondary N) is 3. The molecule has 0 aromatic heterocycles. The third kappa shape index (κ3) is 9.75. The molecule has 3 N–H and O–H groups in total. The predicted octanol–water partition coefficient (Wildman–Crippen LogP) is 2.23. The first-order chi connectivity index (χ1) is 18.9. The smallest absolute Gasteiger partial charge is 0.338 e. The molecule has 11 nitrogen and oxygen atoms in total.